The fraction of sp³-hybridized carbons (Fsp3) is 0.611. The summed E-state index contributed by atoms with van der Waals surface area (Å²) < 4.78 is 5.29. The Balaban J connectivity index is 2.18. The van der Waals surface area contributed by atoms with Gasteiger partial charge >= 0.3 is 0 Å². The molecule has 0 radical (unpaired) electrons. The molecular weight excluding hydrogens is 293 g/mol. The zero-order valence-electron chi connectivity index (χ0n) is 14.5. The van der Waals surface area contributed by atoms with E-state index in [2.05, 4.69) is 19.2 Å². The summed E-state index contributed by atoms with van der Waals surface area (Å²) in [5.41, 5.74) is 3.24. The van der Waals surface area contributed by atoms with E-state index in [4.69, 9.17) is 4.74 Å². The number of carbonyl (C=O) groups excluding carboxylic acids is 1. The van der Waals surface area contributed by atoms with Crippen LogP contribution in [0.5, 0.6) is 5.75 Å². The maximum atomic E-state index is 12.8. The molecule has 1 amide bonds. The molecule has 122 valence electrons. The number of hydrogen-bond acceptors (Lipinski definition) is 2. The van der Waals surface area contributed by atoms with E-state index in [1.54, 1.807) is 7.11 Å². The first-order chi connectivity index (χ1) is 10.4. The summed E-state index contributed by atoms with van der Waals surface area (Å²) in [5.74, 6) is 1.04. The lowest BCUT2D eigenvalue weighted by molar-refractivity contribution is -0.115. The number of hydrogen-bond donors (Lipinski definition) is 1. The highest BCUT2D eigenvalue weighted by Gasteiger charge is 2.47. The predicted molar refractivity (Wildman–Crippen MR) is 97.0 cm³/mol. The molecule has 1 fully saturated rings. The third-order valence-corrected chi connectivity index (χ3v) is 10.8. The minimum atomic E-state index is -1.09. The summed E-state index contributed by atoms with van der Waals surface area (Å²) in [6.07, 6.45) is 6.39. The molecule has 1 heterocycles. The fourth-order valence-corrected chi connectivity index (χ4v) is 8.10. The Kier molecular flexibility index (Phi) is 5.50. The highest BCUT2D eigenvalue weighted by Crippen LogP contribution is 2.67. The average Bonchev–Trinajstić information content (AvgIpc) is 2.99. The molecule has 2 rings (SSSR count). The highest BCUT2D eigenvalue weighted by atomic mass is 31.2. The lowest BCUT2D eigenvalue weighted by Crippen LogP contribution is -2.30. The fourth-order valence-electron chi connectivity index (χ4n) is 3.66. The van der Waals surface area contributed by atoms with Gasteiger partial charge in [0.1, 0.15) is 11.4 Å². The Bertz CT molecular complexity index is 527. The molecule has 1 saturated heterocycles. The van der Waals surface area contributed by atoms with Gasteiger partial charge in [-0.15, -0.1) is 0 Å². The summed E-state index contributed by atoms with van der Waals surface area (Å²) in [6, 6.07) is 3.96. The second kappa shape index (κ2) is 7.00. The van der Waals surface area contributed by atoms with Crippen LogP contribution < -0.4 is 10.1 Å². The first-order valence-electron chi connectivity index (χ1n) is 8.25. The van der Waals surface area contributed by atoms with Gasteiger partial charge in [0.05, 0.1) is 25.6 Å². The molecule has 1 atom stereocenters. The van der Waals surface area contributed by atoms with E-state index in [0.29, 0.717) is 0 Å². The number of ether oxygens (including phenoxy) is 1. The minimum absolute atomic E-state index is 0.168. The van der Waals surface area contributed by atoms with Crippen molar-refractivity contribution < 1.29 is 9.53 Å². The second-order valence-electron chi connectivity index (χ2n) is 6.49. The van der Waals surface area contributed by atoms with Crippen LogP contribution in [0.2, 0.25) is 0 Å². The molecule has 1 N–H and O–H groups in total. The van der Waals surface area contributed by atoms with Gasteiger partial charge in [-0.1, -0.05) is 0 Å². The Hall–Kier alpha value is -1.08. The molecule has 0 aliphatic carbocycles. The van der Waals surface area contributed by atoms with E-state index in [1.165, 1.54) is 31.3 Å². The van der Waals surface area contributed by atoms with Gasteiger partial charge in [-0.3, -0.25) is 4.79 Å². The molecule has 1 aromatic carbocycles. The predicted octanol–water partition coefficient (Wildman–Crippen LogP) is 4.47. The molecule has 0 spiro atoms. The van der Waals surface area contributed by atoms with Crippen LogP contribution in [0.15, 0.2) is 12.1 Å². The summed E-state index contributed by atoms with van der Waals surface area (Å²) in [4.78, 5) is 12.8. The number of amides is 1. The summed E-state index contributed by atoms with van der Waals surface area (Å²) in [7, 11) is 0.577. The smallest absolute Gasteiger partial charge is 0.264 e. The van der Waals surface area contributed by atoms with Crippen molar-refractivity contribution >= 4 is 18.9 Å². The highest BCUT2D eigenvalue weighted by molar-refractivity contribution is 7.77. The van der Waals surface area contributed by atoms with Crippen molar-refractivity contribution in [1.82, 2.24) is 0 Å². The van der Waals surface area contributed by atoms with Gasteiger partial charge in [-0.2, -0.15) is 0 Å². The van der Waals surface area contributed by atoms with E-state index < -0.39 is 7.26 Å². The molecule has 1 unspecified atom stereocenters. The van der Waals surface area contributed by atoms with Crippen LogP contribution in [-0.4, -0.2) is 37.2 Å². The van der Waals surface area contributed by atoms with Crippen LogP contribution in [0.4, 0.5) is 5.69 Å². The molecule has 3 nitrogen and oxygen atoms in total. The van der Waals surface area contributed by atoms with Crippen LogP contribution in [0.1, 0.15) is 37.8 Å². The van der Waals surface area contributed by atoms with E-state index >= 15 is 0 Å². The number of carbonyl (C=O) groups is 1. The summed E-state index contributed by atoms with van der Waals surface area (Å²) in [5, 5.41) is 3.20. The summed E-state index contributed by atoms with van der Waals surface area (Å²) in [6.45, 7) is 8.46. The van der Waals surface area contributed by atoms with Gasteiger partial charge < -0.3 is 10.1 Å². The first kappa shape index (κ1) is 17.3. The van der Waals surface area contributed by atoms with Crippen molar-refractivity contribution in [3.8, 4) is 5.75 Å². The van der Waals surface area contributed by atoms with E-state index in [0.717, 1.165) is 22.6 Å². The second-order valence-corrected chi connectivity index (χ2v) is 11.2. The number of rotatable bonds is 5. The lowest BCUT2D eigenvalue weighted by atomic mass is 10.1. The van der Waals surface area contributed by atoms with Crippen molar-refractivity contribution in [1.29, 1.82) is 0 Å². The third kappa shape index (κ3) is 3.30. The lowest BCUT2D eigenvalue weighted by Gasteiger charge is -2.27. The molecule has 1 aromatic rings. The van der Waals surface area contributed by atoms with E-state index in [1.807, 2.05) is 26.0 Å². The topological polar surface area (TPSA) is 38.3 Å². The quantitative estimate of drug-likeness (QED) is 0.812. The van der Waals surface area contributed by atoms with Crippen molar-refractivity contribution in [3.05, 3.63) is 23.3 Å². The van der Waals surface area contributed by atoms with Gasteiger partial charge in [0.25, 0.3) is 5.91 Å². The summed E-state index contributed by atoms with van der Waals surface area (Å²) >= 11 is 0. The van der Waals surface area contributed by atoms with Gasteiger partial charge in [0, 0.05) is 12.9 Å². The molecular formula is C18H29NO2P+. The Morgan fingerprint density at radius 3 is 2.27 bits per heavy atom. The number of aryl methyl sites for hydroxylation is 2. The van der Waals surface area contributed by atoms with Gasteiger partial charge in [0.15, 0.2) is 0 Å². The molecule has 0 aromatic heterocycles. The van der Waals surface area contributed by atoms with Crippen molar-refractivity contribution in [2.75, 3.05) is 30.9 Å². The number of methoxy groups -OCH3 is 1. The monoisotopic (exact) mass is 322 g/mol. The third-order valence-electron chi connectivity index (χ3n) is 5.28. The van der Waals surface area contributed by atoms with Crippen LogP contribution >= 0.6 is 7.26 Å². The van der Waals surface area contributed by atoms with Gasteiger partial charge in [-0.05, 0) is 63.8 Å². The largest absolute Gasteiger partial charge is 0.497 e. The van der Waals surface area contributed by atoms with Crippen LogP contribution in [0, 0.1) is 13.8 Å². The number of nitrogens with one attached hydrogen (secondary N) is 1. The standard InChI is InChI=1S/C18H28NO2P/c1-6-22(9-7-8-10-22)15(4)18(20)19-17-13(2)11-16(21-5)12-14(17)3/h11-12,15H,6-10H2,1-5H3/p+1. The van der Waals surface area contributed by atoms with Crippen LogP contribution in [-0.2, 0) is 4.79 Å². The first-order valence-corrected chi connectivity index (χ1v) is 10.7. The average molecular weight is 322 g/mol. The maximum Gasteiger partial charge on any atom is 0.264 e. The molecule has 4 heteroatoms. The Morgan fingerprint density at radius 1 is 1.27 bits per heavy atom. The molecule has 0 bridgehead atoms. The molecule has 1 aliphatic rings. The minimum Gasteiger partial charge on any atom is -0.497 e. The normalized spacial score (nSPS) is 18.0. The van der Waals surface area contributed by atoms with Crippen molar-refractivity contribution in [2.45, 2.75) is 46.2 Å². The van der Waals surface area contributed by atoms with Crippen molar-refractivity contribution in [2.24, 2.45) is 0 Å². The SMILES string of the molecule is CC[P+]1(C(C)C(=O)Nc2c(C)cc(OC)cc2C)CCCC1. The van der Waals surface area contributed by atoms with Crippen molar-refractivity contribution in [3.63, 3.8) is 0 Å². The van der Waals surface area contributed by atoms with Gasteiger partial charge in [-0.25, -0.2) is 0 Å². The Labute approximate surface area is 135 Å². The van der Waals surface area contributed by atoms with Crippen LogP contribution in [0.25, 0.3) is 0 Å². The zero-order chi connectivity index (χ0) is 16.3. The molecule has 0 saturated carbocycles. The maximum absolute atomic E-state index is 12.8. The molecule has 1 aliphatic heterocycles. The van der Waals surface area contributed by atoms with Crippen LogP contribution in [0.3, 0.4) is 0 Å². The zero-order valence-corrected chi connectivity index (χ0v) is 15.4. The number of benzene rings is 1. The van der Waals surface area contributed by atoms with E-state index in [9.17, 15) is 4.79 Å². The molecule has 22 heavy (non-hydrogen) atoms. The number of anilines is 1. The van der Waals surface area contributed by atoms with Gasteiger partial charge in [0.2, 0.25) is 0 Å². The Morgan fingerprint density at radius 2 is 1.82 bits per heavy atom. The van der Waals surface area contributed by atoms with E-state index in [-0.39, 0.29) is 11.6 Å².